The summed E-state index contributed by atoms with van der Waals surface area (Å²) in [6.07, 6.45) is 12.2. The SMILES string of the molecule is C[Si-](C)(C)CCOCn1ccc2c(C3=CN(C4(CC#N)CNC4)CCC=C3)ccnc21. The molecule has 1 N–H and O–H groups in total. The summed E-state index contributed by atoms with van der Waals surface area (Å²) in [4.78, 5) is 7.03. The Labute approximate surface area is 186 Å². The van der Waals surface area contributed by atoms with Crippen molar-refractivity contribution in [2.24, 2.45) is 0 Å². The molecule has 6 nitrogen and oxygen atoms in total. The first-order valence-corrected chi connectivity index (χ1v) is 14.9. The van der Waals surface area contributed by atoms with E-state index in [-0.39, 0.29) is 5.54 Å². The molecule has 2 aliphatic rings. The van der Waals surface area contributed by atoms with Crippen LogP contribution >= 0.6 is 0 Å². The van der Waals surface area contributed by atoms with Gasteiger partial charge in [-0.2, -0.15) is 24.9 Å². The lowest BCUT2D eigenvalue weighted by molar-refractivity contribution is 0.0878. The Balaban J connectivity index is 1.58. The zero-order chi connectivity index (χ0) is 21.9. The Hall–Kier alpha value is -2.40. The minimum Gasteiger partial charge on any atom is -0.367 e. The van der Waals surface area contributed by atoms with Gasteiger partial charge in [0, 0.05) is 50.2 Å². The van der Waals surface area contributed by atoms with Gasteiger partial charge in [-0.05, 0) is 29.7 Å². The molecule has 0 aromatic carbocycles. The predicted molar refractivity (Wildman–Crippen MR) is 128 cm³/mol. The van der Waals surface area contributed by atoms with Crippen molar-refractivity contribution in [2.75, 3.05) is 26.2 Å². The van der Waals surface area contributed by atoms with E-state index in [1.807, 2.05) is 6.20 Å². The van der Waals surface area contributed by atoms with E-state index in [1.54, 1.807) is 0 Å². The van der Waals surface area contributed by atoms with Crippen molar-refractivity contribution >= 4 is 24.7 Å². The Morgan fingerprint density at radius 2 is 2.13 bits per heavy atom. The monoisotopic (exact) mass is 435 g/mol. The fourth-order valence-corrected chi connectivity index (χ4v) is 4.97. The molecule has 0 bridgehead atoms. The van der Waals surface area contributed by atoms with Crippen LogP contribution in [0.5, 0.6) is 0 Å². The second kappa shape index (κ2) is 8.99. The number of hydrogen-bond donors (Lipinski definition) is 1. The van der Waals surface area contributed by atoms with Crippen LogP contribution in [0, 0.1) is 11.3 Å². The smallest absolute Gasteiger partial charge is 0.142 e. The molecule has 0 radical (unpaired) electrons. The first-order chi connectivity index (χ1) is 14.9. The van der Waals surface area contributed by atoms with Crippen LogP contribution in [0.1, 0.15) is 18.4 Å². The molecule has 7 heteroatoms. The average molecular weight is 436 g/mol. The van der Waals surface area contributed by atoms with Gasteiger partial charge in [0.2, 0.25) is 0 Å². The zero-order valence-electron chi connectivity index (χ0n) is 18.9. The van der Waals surface area contributed by atoms with Crippen LogP contribution < -0.4 is 5.32 Å². The van der Waals surface area contributed by atoms with Gasteiger partial charge in [0.05, 0.1) is 18.0 Å². The molecule has 165 valence electrons. The lowest BCUT2D eigenvalue weighted by atomic mass is 9.87. The van der Waals surface area contributed by atoms with Crippen molar-refractivity contribution in [1.82, 2.24) is 19.8 Å². The second-order valence-corrected chi connectivity index (χ2v) is 15.5. The number of aromatic nitrogens is 2. The molecule has 0 saturated carbocycles. The maximum Gasteiger partial charge on any atom is 0.142 e. The summed E-state index contributed by atoms with van der Waals surface area (Å²) >= 11 is 0. The molecule has 1 fully saturated rings. The van der Waals surface area contributed by atoms with Gasteiger partial charge < -0.3 is 19.5 Å². The van der Waals surface area contributed by atoms with Crippen molar-refractivity contribution in [1.29, 1.82) is 5.26 Å². The molecular formula is C24H33N5OSi-. The van der Waals surface area contributed by atoms with E-state index in [0.29, 0.717) is 13.2 Å². The van der Waals surface area contributed by atoms with Gasteiger partial charge in [0.1, 0.15) is 12.4 Å². The fraction of sp³-hybridized carbons (Fsp3) is 0.500. The van der Waals surface area contributed by atoms with Crippen molar-refractivity contribution in [3.63, 3.8) is 0 Å². The largest absolute Gasteiger partial charge is 0.367 e. The van der Waals surface area contributed by atoms with Gasteiger partial charge in [-0.1, -0.05) is 12.2 Å². The number of ether oxygens (including phenoxy) is 1. The number of nitriles is 1. The Morgan fingerprint density at radius 1 is 1.29 bits per heavy atom. The number of rotatable bonds is 8. The molecule has 0 aliphatic carbocycles. The summed E-state index contributed by atoms with van der Waals surface area (Å²) in [5.74, 6) is 0. The van der Waals surface area contributed by atoms with Gasteiger partial charge in [-0.3, -0.25) is 0 Å². The van der Waals surface area contributed by atoms with Gasteiger partial charge in [0.15, 0.2) is 0 Å². The molecule has 4 heterocycles. The number of pyridine rings is 1. The van der Waals surface area contributed by atoms with Gasteiger partial charge in [-0.15, -0.1) is 14.1 Å². The lowest BCUT2D eigenvalue weighted by Gasteiger charge is -2.49. The van der Waals surface area contributed by atoms with E-state index in [1.165, 1.54) is 11.1 Å². The van der Waals surface area contributed by atoms with Crippen LogP contribution in [0.4, 0.5) is 0 Å². The topological polar surface area (TPSA) is 66.1 Å². The van der Waals surface area contributed by atoms with Crippen LogP contribution in [0.3, 0.4) is 0 Å². The summed E-state index contributed by atoms with van der Waals surface area (Å²) in [5.41, 5.74) is 3.21. The number of fused-ring (bicyclic) bond motifs is 1. The Kier molecular flexibility index (Phi) is 6.33. The highest BCUT2D eigenvalue weighted by Crippen LogP contribution is 2.32. The molecule has 31 heavy (non-hydrogen) atoms. The lowest BCUT2D eigenvalue weighted by Crippen LogP contribution is -2.67. The van der Waals surface area contributed by atoms with E-state index in [0.717, 1.165) is 49.7 Å². The van der Waals surface area contributed by atoms with Crippen LogP contribution in [-0.4, -0.2) is 54.3 Å². The fourth-order valence-electron chi connectivity index (χ4n) is 4.21. The highest BCUT2D eigenvalue weighted by molar-refractivity contribution is 6.76. The van der Waals surface area contributed by atoms with Crippen LogP contribution in [-0.2, 0) is 11.5 Å². The molecule has 0 unspecified atom stereocenters. The highest BCUT2D eigenvalue weighted by Gasteiger charge is 2.41. The van der Waals surface area contributed by atoms with Crippen molar-refractivity contribution < 1.29 is 4.74 Å². The van der Waals surface area contributed by atoms with E-state index in [2.05, 4.69) is 82.2 Å². The minimum absolute atomic E-state index is 0.0890. The second-order valence-electron chi connectivity index (χ2n) is 9.86. The van der Waals surface area contributed by atoms with E-state index in [9.17, 15) is 5.26 Å². The Bertz CT molecular complexity index is 1020. The van der Waals surface area contributed by atoms with Crippen molar-refractivity contribution in [3.05, 3.63) is 48.4 Å². The minimum atomic E-state index is -1.09. The highest BCUT2D eigenvalue weighted by atomic mass is 28.3. The third kappa shape index (κ3) is 4.77. The summed E-state index contributed by atoms with van der Waals surface area (Å²) in [6.45, 7) is 11.1. The molecule has 1 saturated heterocycles. The molecule has 2 aromatic heterocycles. The van der Waals surface area contributed by atoms with E-state index in [4.69, 9.17) is 4.74 Å². The predicted octanol–water partition coefficient (Wildman–Crippen LogP) is 4.21. The summed E-state index contributed by atoms with van der Waals surface area (Å²) in [5, 5.41) is 13.9. The Morgan fingerprint density at radius 3 is 2.84 bits per heavy atom. The molecular weight excluding hydrogens is 402 g/mol. The third-order valence-electron chi connectivity index (χ3n) is 6.25. The maximum absolute atomic E-state index is 9.37. The van der Waals surface area contributed by atoms with E-state index < -0.39 is 8.07 Å². The first kappa shape index (κ1) is 21.8. The summed E-state index contributed by atoms with van der Waals surface area (Å²) in [6, 6.07) is 7.79. The first-order valence-electron chi connectivity index (χ1n) is 11.2. The normalized spacial score (nSPS) is 18.4. The molecule has 2 aliphatic heterocycles. The van der Waals surface area contributed by atoms with Crippen molar-refractivity contribution in [3.8, 4) is 6.07 Å². The number of allylic oxidation sites excluding steroid dienone is 2. The molecule has 0 atom stereocenters. The van der Waals surface area contributed by atoms with E-state index >= 15 is 0 Å². The average Bonchev–Trinajstić information content (AvgIpc) is 2.95. The quantitative estimate of drug-likeness (QED) is 0.497. The summed E-state index contributed by atoms with van der Waals surface area (Å²) in [7, 11) is -1.09. The molecule has 2 aromatic rings. The standard InChI is InChI=1S/C24H33N5OSi/c1-31(2,3)15-14-30-19-28-13-8-22-21(7-11-27-23(22)28)20-6-4-5-12-29(16-20)24(9-10-25)17-26-18-24/h4,6-8,11,13,16,26H,5,9,12,14-15,17-19H2,1-3H3/q-1. The van der Waals surface area contributed by atoms with Crippen molar-refractivity contribution in [2.45, 2.75) is 50.8 Å². The van der Waals surface area contributed by atoms with Gasteiger partial charge >= 0.3 is 0 Å². The third-order valence-corrected chi connectivity index (χ3v) is 7.96. The number of nitrogens with zero attached hydrogens (tertiary/aromatic N) is 4. The number of nitrogens with one attached hydrogen (secondary N) is 1. The zero-order valence-corrected chi connectivity index (χ0v) is 19.9. The molecule has 0 spiro atoms. The molecule has 4 rings (SSSR count). The van der Waals surface area contributed by atoms with Crippen LogP contribution in [0.2, 0.25) is 25.7 Å². The molecule has 0 amide bonds. The van der Waals surface area contributed by atoms with Gasteiger partial charge in [0.25, 0.3) is 0 Å². The van der Waals surface area contributed by atoms with Gasteiger partial charge in [-0.25, -0.2) is 4.98 Å². The number of hydrogen-bond acceptors (Lipinski definition) is 5. The van der Waals surface area contributed by atoms with Crippen LogP contribution in [0.15, 0.2) is 42.9 Å². The maximum atomic E-state index is 9.37. The van der Waals surface area contributed by atoms with Crippen LogP contribution in [0.25, 0.3) is 16.6 Å². The summed E-state index contributed by atoms with van der Waals surface area (Å²) < 4.78 is 8.05.